The van der Waals surface area contributed by atoms with Gasteiger partial charge in [-0.25, -0.2) is 0 Å². The fourth-order valence-corrected chi connectivity index (χ4v) is 3.83. The average Bonchev–Trinajstić information content (AvgIpc) is 2.83. The molecule has 3 nitrogen and oxygen atoms in total. The molecule has 0 fully saturated rings. The van der Waals surface area contributed by atoms with Crippen LogP contribution in [0.3, 0.4) is 0 Å². The minimum atomic E-state index is 0.113. The molecule has 178 valence electrons. The number of benzene rings is 1. The molecule has 1 atom stereocenters. The van der Waals surface area contributed by atoms with Crippen LogP contribution < -0.4 is 4.74 Å². The lowest BCUT2D eigenvalue weighted by Crippen LogP contribution is -2.18. The van der Waals surface area contributed by atoms with Gasteiger partial charge >= 0.3 is 0 Å². The number of rotatable bonds is 18. The van der Waals surface area contributed by atoms with Crippen LogP contribution in [0.4, 0.5) is 0 Å². The van der Waals surface area contributed by atoms with Crippen LogP contribution in [0.5, 0.6) is 5.75 Å². The predicted octanol–water partition coefficient (Wildman–Crippen LogP) is 8.41. The number of ether oxygens (including phenoxy) is 2. The second kappa shape index (κ2) is 16.7. The lowest BCUT2D eigenvalue weighted by molar-refractivity contribution is 0.0302. The molecule has 0 saturated carbocycles. The van der Waals surface area contributed by atoms with Crippen LogP contribution in [-0.4, -0.2) is 24.3 Å². The van der Waals surface area contributed by atoms with Gasteiger partial charge in [0.2, 0.25) is 0 Å². The molecule has 0 radical (unpaired) electrons. The van der Waals surface area contributed by atoms with E-state index in [0.29, 0.717) is 6.61 Å². The first-order chi connectivity index (χ1) is 15.7. The summed E-state index contributed by atoms with van der Waals surface area (Å²) in [5.41, 5.74) is 3.48. The molecule has 1 aromatic heterocycles. The largest absolute Gasteiger partial charge is 0.491 e. The van der Waals surface area contributed by atoms with E-state index in [1.54, 1.807) is 0 Å². The third-order valence-electron chi connectivity index (χ3n) is 5.93. The van der Waals surface area contributed by atoms with E-state index in [-0.39, 0.29) is 6.10 Å². The second-order valence-corrected chi connectivity index (χ2v) is 9.00. The van der Waals surface area contributed by atoms with E-state index in [2.05, 4.69) is 50.0 Å². The second-order valence-electron chi connectivity index (χ2n) is 9.00. The van der Waals surface area contributed by atoms with Crippen LogP contribution >= 0.6 is 0 Å². The molecule has 0 aliphatic rings. The molecule has 2 aromatic rings. The molecule has 0 N–H and O–H groups in total. The van der Waals surface area contributed by atoms with Gasteiger partial charge in [0.1, 0.15) is 12.4 Å². The van der Waals surface area contributed by atoms with Gasteiger partial charge in [-0.05, 0) is 62.1 Å². The van der Waals surface area contributed by atoms with Crippen molar-refractivity contribution in [2.24, 2.45) is 0 Å². The molecular weight excluding hydrogens is 394 g/mol. The molecule has 1 unspecified atom stereocenters. The zero-order valence-corrected chi connectivity index (χ0v) is 20.8. The summed E-state index contributed by atoms with van der Waals surface area (Å²) in [5, 5.41) is 0. The summed E-state index contributed by atoms with van der Waals surface area (Å²) < 4.78 is 11.8. The molecule has 32 heavy (non-hydrogen) atoms. The van der Waals surface area contributed by atoms with Crippen molar-refractivity contribution in [3.8, 4) is 17.0 Å². The number of aromatic nitrogens is 1. The Morgan fingerprint density at radius 3 is 2.06 bits per heavy atom. The van der Waals surface area contributed by atoms with Crippen LogP contribution in [0.1, 0.15) is 97.0 Å². The minimum absolute atomic E-state index is 0.113. The molecule has 0 amide bonds. The van der Waals surface area contributed by atoms with Crippen LogP contribution in [0.25, 0.3) is 11.3 Å². The molecule has 0 spiro atoms. The summed E-state index contributed by atoms with van der Waals surface area (Å²) in [5.74, 6) is 0.881. The Balaban J connectivity index is 1.67. The summed E-state index contributed by atoms with van der Waals surface area (Å²) in [6, 6.07) is 12.6. The van der Waals surface area contributed by atoms with Gasteiger partial charge in [-0.2, -0.15) is 0 Å². The third-order valence-corrected chi connectivity index (χ3v) is 5.93. The van der Waals surface area contributed by atoms with Crippen LogP contribution in [0.15, 0.2) is 42.6 Å². The topological polar surface area (TPSA) is 31.4 Å². The Labute approximate surface area is 197 Å². The third kappa shape index (κ3) is 11.1. The fraction of sp³-hybridized carbons (Fsp3) is 0.621. The number of hydrogen-bond acceptors (Lipinski definition) is 3. The maximum Gasteiger partial charge on any atom is 0.119 e. The van der Waals surface area contributed by atoms with Crippen molar-refractivity contribution in [2.75, 3.05) is 13.2 Å². The standard InChI is InChI=1S/C29H45NO2/c1-4-6-8-10-11-13-15-26-16-21-29(30-23-26)27-17-19-28(20-18-27)32-24-25(3)31-22-14-12-9-7-5-2/h16-21,23,25H,4-15,22,24H2,1-3H3. The highest BCUT2D eigenvalue weighted by Gasteiger charge is 2.05. The van der Waals surface area contributed by atoms with Gasteiger partial charge in [0.05, 0.1) is 11.8 Å². The number of pyridine rings is 1. The lowest BCUT2D eigenvalue weighted by atomic mass is 10.1. The Hall–Kier alpha value is -1.87. The Morgan fingerprint density at radius 2 is 1.41 bits per heavy atom. The lowest BCUT2D eigenvalue weighted by Gasteiger charge is -2.14. The molecule has 0 saturated heterocycles. The van der Waals surface area contributed by atoms with E-state index in [1.165, 1.54) is 69.8 Å². The van der Waals surface area contributed by atoms with Crippen molar-refractivity contribution >= 4 is 0 Å². The van der Waals surface area contributed by atoms with E-state index in [4.69, 9.17) is 9.47 Å². The van der Waals surface area contributed by atoms with E-state index < -0.39 is 0 Å². The smallest absolute Gasteiger partial charge is 0.119 e. The van der Waals surface area contributed by atoms with Crippen LogP contribution in [-0.2, 0) is 11.2 Å². The quantitative estimate of drug-likeness (QED) is 0.218. The molecule has 2 rings (SSSR count). The van der Waals surface area contributed by atoms with Crippen molar-refractivity contribution in [1.82, 2.24) is 4.98 Å². The van der Waals surface area contributed by atoms with Crippen molar-refractivity contribution in [1.29, 1.82) is 0 Å². The van der Waals surface area contributed by atoms with Gasteiger partial charge in [-0.3, -0.25) is 4.98 Å². The van der Waals surface area contributed by atoms with Gasteiger partial charge in [0.25, 0.3) is 0 Å². The maximum atomic E-state index is 5.91. The summed E-state index contributed by atoms with van der Waals surface area (Å²) in [6.07, 6.45) is 17.6. The first-order valence-corrected chi connectivity index (χ1v) is 13.0. The molecule has 1 heterocycles. The summed E-state index contributed by atoms with van der Waals surface area (Å²) >= 11 is 0. The molecule has 3 heteroatoms. The van der Waals surface area contributed by atoms with Gasteiger partial charge in [-0.15, -0.1) is 0 Å². The number of nitrogens with zero attached hydrogens (tertiary/aromatic N) is 1. The maximum absolute atomic E-state index is 5.91. The number of aryl methyl sites for hydroxylation is 1. The van der Waals surface area contributed by atoms with Gasteiger partial charge in [0, 0.05) is 18.4 Å². The molecule has 0 aliphatic heterocycles. The number of hydrogen-bond donors (Lipinski definition) is 0. The van der Waals surface area contributed by atoms with Gasteiger partial charge in [-0.1, -0.05) is 77.7 Å². The molecule has 1 aromatic carbocycles. The van der Waals surface area contributed by atoms with E-state index in [0.717, 1.165) is 36.5 Å². The summed E-state index contributed by atoms with van der Waals surface area (Å²) in [4.78, 5) is 4.68. The zero-order chi connectivity index (χ0) is 22.9. The summed E-state index contributed by atoms with van der Waals surface area (Å²) in [7, 11) is 0. The first kappa shape index (κ1) is 26.4. The van der Waals surface area contributed by atoms with Crippen molar-refractivity contribution < 1.29 is 9.47 Å². The van der Waals surface area contributed by atoms with E-state index in [1.807, 2.05) is 18.3 Å². The Kier molecular flexibility index (Phi) is 13.8. The SMILES string of the molecule is CCCCCCCCc1ccc(-c2ccc(OCC(C)OCCCCCCC)cc2)nc1. The van der Waals surface area contributed by atoms with Gasteiger partial charge in [0.15, 0.2) is 0 Å². The van der Waals surface area contributed by atoms with Crippen molar-refractivity contribution in [2.45, 2.75) is 104 Å². The average molecular weight is 440 g/mol. The zero-order valence-electron chi connectivity index (χ0n) is 20.8. The van der Waals surface area contributed by atoms with Crippen LogP contribution in [0.2, 0.25) is 0 Å². The monoisotopic (exact) mass is 439 g/mol. The highest BCUT2D eigenvalue weighted by atomic mass is 16.5. The predicted molar refractivity (Wildman–Crippen MR) is 136 cm³/mol. The molecule has 0 aliphatic carbocycles. The summed E-state index contributed by atoms with van der Waals surface area (Å²) in [6.45, 7) is 8.00. The minimum Gasteiger partial charge on any atom is -0.491 e. The highest BCUT2D eigenvalue weighted by molar-refractivity contribution is 5.60. The van der Waals surface area contributed by atoms with E-state index in [9.17, 15) is 0 Å². The Morgan fingerprint density at radius 1 is 0.750 bits per heavy atom. The van der Waals surface area contributed by atoms with Crippen LogP contribution in [0, 0.1) is 0 Å². The van der Waals surface area contributed by atoms with Crippen molar-refractivity contribution in [3.05, 3.63) is 48.2 Å². The normalized spacial score (nSPS) is 12.1. The highest BCUT2D eigenvalue weighted by Crippen LogP contribution is 2.21. The first-order valence-electron chi connectivity index (χ1n) is 13.0. The molecule has 0 bridgehead atoms. The van der Waals surface area contributed by atoms with Gasteiger partial charge < -0.3 is 9.47 Å². The van der Waals surface area contributed by atoms with Crippen molar-refractivity contribution in [3.63, 3.8) is 0 Å². The fourth-order valence-electron chi connectivity index (χ4n) is 3.83. The Bertz CT molecular complexity index is 696. The molecular formula is C29H45NO2. The van der Waals surface area contributed by atoms with E-state index >= 15 is 0 Å². The number of unbranched alkanes of at least 4 members (excludes halogenated alkanes) is 9.